The molecule has 44 heavy (non-hydrogen) atoms. The Bertz CT molecular complexity index is 1720. The van der Waals surface area contributed by atoms with E-state index in [2.05, 4.69) is 19.1 Å². The molecular weight excluding hydrogens is 550 g/mol. The Balaban J connectivity index is 1.34. The number of rotatable bonds is 10. The highest BCUT2D eigenvalue weighted by molar-refractivity contribution is 6.06. The SMILES string of the molecule is COc1ccc(C2CC(=NC(C)c3ccccc3)c3c(O)cc(OCc4ccccc4)cc3O2)cc1OCc1ccccc1. The van der Waals surface area contributed by atoms with Gasteiger partial charge >= 0.3 is 0 Å². The molecule has 1 heterocycles. The van der Waals surface area contributed by atoms with Crippen LogP contribution in [0.3, 0.4) is 0 Å². The third-order valence-electron chi connectivity index (χ3n) is 7.67. The zero-order valence-corrected chi connectivity index (χ0v) is 24.9. The number of aromatic hydroxyl groups is 1. The predicted molar refractivity (Wildman–Crippen MR) is 172 cm³/mol. The van der Waals surface area contributed by atoms with Crippen LogP contribution < -0.4 is 18.9 Å². The minimum Gasteiger partial charge on any atom is -0.507 e. The van der Waals surface area contributed by atoms with Gasteiger partial charge in [0.05, 0.1) is 24.4 Å². The molecule has 6 heteroatoms. The monoisotopic (exact) mass is 585 g/mol. The molecule has 0 saturated carbocycles. The van der Waals surface area contributed by atoms with Crippen molar-refractivity contribution >= 4 is 5.71 Å². The summed E-state index contributed by atoms with van der Waals surface area (Å²) in [7, 11) is 1.63. The largest absolute Gasteiger partial charge is 0.507 e. The molecule has 0 aromatic heterocycles. The molecule has 5 aromatic rings. The first-order valence-electron chi connectivity index (χ1n) is 14.7. The molecule has 0 amide bonds. The number of benzene rings is 5. The number of fused-ring (bicyclic) bond motifs is 1. The van der Waals surface area contributed by atoms with E-state index in [0.29, 0.717) is 48.2 Å². The zero-order chi connectivity index (χ0) is 30.3. The highest BCUT2D eigenvalue weighted by Crippen LogP contribution is 2.44. The number of hydrogen-bond acceptors (Lipinski definition) is 6. The summed E-state index contributed by atoms with van der Waals surface area (Å²) in [5.41, 5.74) is 5.45. The molecule has 0 saturated heterocycles. The first-order chi connectivity index (χ1) is 21.6. The molecule has 2 atom stereocenters. The number of phenolic OH excluding ortho intramolecular Hbond substituents is 1. The molecule has 2 unspecified atom stereocenters. The van der Waals surface area contributed by atoms with Crippen molar-refractivity contribution in [1.82, 2.24) is 0 Å². The maximum absolute atomic E-state index is 11.3. The van der Waals surface area contributed by atoms with Crippen molar-refractivity contribution in [1.29, 1.82) is 0 Å². The van der Waals surface area contributed by atoms with Gasteiger partial charge in [0.2, 0.25) is 0 Å². The molecule has 6 nitrogen and oxygen atoms in total. The van der Waals surface area contributed by atoms with E-state index < -0.39 is 0 Å². The van der Waals surface area contributed by atoms with Crippen molar-refractivity contribution in [2.45, 2.75) is 38.7 Å². The van der Waals surface area contributed by atoms with Crippen LogP contribution in [-0.2, 0) is 13.2 Å². The van der Waals surface area contributed by atoms with Crippen molar-refractivity contribution < 1.29 is 24.1 Å². The van der Waals surface area contributed by atoms with E-state index in [1.807, 2.05) is 103 Å². The predicted octanol–water partition coefficient (Wildman–Crippen LogP) is 8.63. The van der Waals surface area contributed by atoms with Crippen molar-refractivity contribution in [3.8, 4) is 28.7 Å². The van der Waals surface area contributed by atoms with Crippen molar-refractivity contribution in [3.05, 3.63) is 149 Å². The standard InChI is InChI=1S/C38H35NO5/c1-26(29-16-10-5-11-17-29)39-32-23-35(30-18-19-34(41-2)36(20-30)43-25-28-14-8-4-9-15-28)44-37-22-31(21-33(40)38(32)37)42-24-27-12-6-3-7-13-27/h3-22,26,35,40H,23-25H2,1-2H3. The molecule has 0 spiro atoms. The Morgan fingerprint density at radius 1 is 0.773 bits per heavy atom. The maximum Gasteiger partial charge on any atom is 0.162 e. The number of nitrogens with zero attached hydrogens (tertiary/aromatic N) is 1. The zero-order valence-electron chi connectivity index (χ0n) is 24.9. The lowest BCUT2D eigenvalue weighted by Gasteiger charge is -2.30. The number of ether oxygens (including phenoxy) is 4. The summed E-state index contributed by atoms with van der Waals surface area (Å²) in [6, 6.07) is 39.3. The summed E-state index contributed by atoms with van der Waals surface area (Å²) in [6.07, 6.45) is 0.0878. The van der Waals surface area contributed by atoms with E-state index in [4.69, 9.17) is 23.9 Å². The summed E-state index contributed by atoms with van der Waals surface area (Å²) in [4.78, 5) is 5.12. The second-order valence-electron chi connectivity index (χ2n) is 10.7. The molecule has 0 fully saturated rings. The molecule has 222 valence electrons. The number of phenols is 1. The van der Waals surface area contributed by atoms with E-state index in [9.17, 15) is 5.11 Å². The number of aliphatic imine (C=N–C) groups is 1. The van der Waals surface area contributed by atoms with E-state index in [1.165, 1.54) is 0 Å². The van der Waals surface area contributed by atoms with Crippen LogP contribution in [0.1, 0.15) is 53.3 Å². The third-order valence-corrected chi connectivity index (χ3v) is 7.67. The number of hydrogen-bond donors (Lipinski definition) is 1. The molecule has 0 bridgehead atoms. The highest BCUT2D eigenvalue weighted by Gasteiger charge is 2.31. The van der Waals surface area contributed by atoms with Crippen molar-refractivity contribution in [3.63, 3.8) is 0 Å². The average Bonchev–Trinajstić information content (AvgIpc) is 3.07. The summed E-state index contributed by atoms with van der Waals surface area (Å²) in [5.74, 6) is 2.38. The fraction of sp³-hybridized carbons (Fsp3) is 0.184. The van der Waals surface area contributed by atoms with Crippen LogP contribution in [0.2, 0.25) is 0 Å². The summed E-state index contributed by atoms with van der Waals surface area (Å²) in [6.45, 7) is 2.84. The lowest BCUT2D eigenvalue weighted by Crippen LogP contribution is -2.22. The van der Waals surface area contributed by atoms with Gasteiger partial charge < -0.3 is 24.1 Å². The summed E-state index contributed by atoms with van der Waals surface area (Å²) >= 11 is 0. The first-order valence-corrected chi connectivity index (χ1v) is 14.7. The van der Waals surface area contributed by atoms with Crippen molar-refractivity contribution in [2.24, 2.45) is 4.99 Å². The quantitative estimate of drug-likeness (QED) is 0.178. The Hall–Kier alpha value is -5.23. The van der Waals surface area contributed by atoms with Gasteiger partial charge in [-0.05, 0) is 41.3 Å². The lowest BCUT2D eigenvalue weighted by molar-refractivity contribution is 0.201. The second-order valence-corrected chi connectivity index (χ2v) is 10.7. The molecule has 5 aromatic carbocycles. The van der Waals surface area contributed by atoms with E-state index in [0.717, 1.165) is 28.0 Å². The van der Waals surface area contributed by atoms with E-state index >= 15 is 0 Å². The lowest BCUT2D eigenvalue weighted by atomic mass is 9.93. The van der Waals surface area contributed by atoms with Crippen LogP contribution in [0.5, 0.6) is 28.7 Å². The third kappa shape index (κ3) is 6.70. The molecule has 1 N–H and O–H groups in total. The minimum absolute atomic E-state index is 0.0737. The fourth-order valence-corrected chi connectivity index (χ4v) is 5.34. The van der Waals surface area contributed by atoms with Gasteiger partial charge in [-0.3, -0.25) is 4.99 Å². The Morgan fingerprint density at radius 3 is 2.07 bits per heavy atom. The maximum atomic E-state index is 11.3. The van der Waals surface area contributed by atoms with E-state index in [-0.39, 0.29) is 17.9 Å². The summed E-state index contributed by atoms with van der Waals surface area (Å²) in [5, 5.41) is 11.3. The Kier molecular flexibility index (Phi) is 8.78. The molecule has 0 radical (unpaired) electrons. The second kappa shape index (κ2) is 13.4. The number of methoxy groups -OCH3 is 1. The van der Waals surface area contributed by atoms with Gasteiger partial charge in [0.15, 0.2) is 11.5 Å². The fourth-order valence-electron chi connectivity index (χ4n) is 5.34. The van der Waals surface area contributed by atoms with Gasteiger partial charge in [-0.15, -0.1) is 0 Å². The smallest absolute Gasteiger partial charge is 0.162 e. The molecule has 0 aliphatic carbocycles. The first kappa shape index (κ1) is 28.9. The topological polar surface area (TPSA) is 69.5 Å². The van der Waals surface area contributed by atoms with E-state index in [1.54, 1.807) is 13.2 Å². The van der Waals surface area contributed by atoms with Crippen LogP contribution in [0, 0.1) is 0 Å². The normalized spacial score (nSPS) is 15.6. The van der Waals surface area contributed by atoms with Gasteiger partial charge in [0, 0.05) is 18.6 Å². The molecule has 1 aliphatic rings. The minimum atomic E-state index is -0.377. The van der Waals surface area contributed by atoms with Crippen LogP contribution in [0.15, 0.2) is 126 Å². The van der Waals surface area contributed by atoms with Gasteiger partial charge in [-0.25, -0.2) is 0 Å². The molecule has 6 rings (SSSR count). The van der Waals surface area contributed by atoms with Crippen molar-refractivity contribution in [2.75, 3.05) is 7.11 Å². The average molecular weight is 586 g/mol. The van der Waals surface area contributed by atoms with Gasteiger partial charge in [0.25, 0.3) is 0 Å². The molecular formula is C38H35NO5. The molecule has 1 aliphatic heterocycles. The van der Waals surface area contributed by atoms with Crippen LogP contribution in [-0.4, -0.2) is 17.9 Å². The van der Waals surface area contributed by atoms with Crippen LogP contribution in [0.4, 0.5) is 0 Å². The summed E-state index contributed by atoms with van der Waals surface area (Å²) < 4.78 is 24.5. The van der Waals surface area contributed by atoms with Gasteiger partial charge in [-0.2, -0.15) is 0 Å². The van der Waals surface area contributed by atoms with Crippen LogP contribution in [0.25, 0.3) is 0 Å². The van der Waals surface area contributed by atoms with Crippen LogP contribution >= 0.6 is 0 Å². The Labute approximate surface area is 258 Å². The Morgan fingerprint density at radius 2 is 1.41 bits per heavy atom. The van der Waals surface area contributed by atoms with Gasteiger partial charge in [0.1, 0.15) is 36.6 Å². The highest BCUT2D eigenvalue weighted by atomic mass is 16.5. The van der Waals surface area contributed by atoms with Gasteiger partial charge in [-0.1, -0.05) is 97.1 Å².